The molecule has 0 unspecified atom stereocenters. The molecular formula is C17H12F2N4O2. The normalized spacial score (nSPS) is 10.4. The molecule has 0 saturated carbocycles. The highest BCUT2D eigenvalue weighted by Gasteiger charge is 2.14. The van der Waals surface area contributed by atoms with E-state index in [2.05, 4.69) is 15.6 Å². The first-order valence-electron chi connectivity index (χ1n) is 7.33. The number of nitrogens with one attached hydrogen (secondary N) is 2. The van der Waals surface area contributed by atoms with Crippen LogP contribution in [-0.2, 0) is 0 Å². The minimum atomic E-state index is -0.811. The van der Waals surface area contributed by atoms with Crippen molar-refractivity contribution < 1.29 is 18.0 Å². The van der Waals surface area contributed by atoms with Crippen LogP contribution in [0.5, 0.6) is 0 Å². The van der Waals surface area contributed by atoms with Gasteiger partial charge in [-0.25, -0.2) is 8.78 Å². The molecule has 1 aromatic carbocycles. The number of carbonyl (C=O) groups is 1. The average molecular weight is 342 g/mol. The van der Waals surface area contributed by atoms with Crippen LogP contribution in [0.25, 0.3) is 10.9 Å². The van der Waals surface area contributed by atoms with Gasteiger partial charge in [0.1, 0.15) is 17.4 Å². The van der Waals surface area contributed by atoms with Crippen molar-refractivity contribution in [2.45, 2.75) is 0 Å². The Bertz CT molecular complexity index is 965. The Balaban J connectivity index is 1.76. The van der Waals surface area contributed by atoms with Crippen LogP contribution >= 0.6 is 0 Å². The van der Waals surface area contributed by atoms with Crippen molar-refractivity contribution in [1.29, 1.82) is 5.26 Å². The van der Waals surface area contributed by atoms with Gasteiger partial charge in [0.15, 0.2) is 11.6 Å². The van der Waals surface area contributed by atoms with E-state index in [4.69, 9.17) is 4.42 Å². The Morgan fingerprint density at radius 3 is 2.88 bits per heavy atom. The Morgan fingerprint density at radius 2 is 2.16 bits per heavy atom. The van der Waals surface area contributed by atoms with E-state index in [0.717, 1.165) is 12.1 Å². The van der Waals surface area contributed by atoms with Gasteiger partial charge in [-0.3, -0.25) is 9.78 Å². The van der Waals surface area contributed by atoms with Gasteiger partial charge < -0.3 is 15.1 Å². The monoisotopic (exact) mass is 342 g/mol. The molecule has 0 aliphatic rings. The highest BCUT2D eigenvalue weighted by molar-refractivity contribution is 5.94. The molecule has 3 rings (SSSR count). The molecule has 2 aromatic heterocycles. The van der Waals surface area contributed by atoms with Crippen LogP contribution in [0, 0.1) is 23.0 Å². The summed E-state index contributed by atoms with van der Waals surface area (Å²) in [6.07, 6.45) is 2.60. The molecule has 0 bridgehead atoms. The first-order chi connectivity index (χ1) is 12.1. The van der Waals surface area contributed by atoms with E-state index in [0.29, 0.717) is 0 Å². The summed E-state index contributed by atoms with van der Waals surface area (Å²) in [6.45, 7) is 0.449. The van der Waals surface area contributed by atoms with Crippen molar-refractivity contribution in [2.75, 3.05) is 18.4 Å². The molecule has 1 amide bonds. The molecule has 126 valence electrons. The van der Waals surface area contributed by atoms with Gasteiger partial charge in [-0.1, -0.05) is 0 Å². The molecule has 8 heteroatoms. The second-order valence-corrected chi connectivity index (χ2v) is 5.10. The molecule has 6 nitrogen and oxygen atoms in total. The topological polar surface area (TPSA) is 91.0 Å². The number of pyridine rings is 1. The number of halogens is 2. The number of carbonyl (C=O) groups excluding carboxylic acids is 1. The highest BCUT2D eigenvalue weighted by atomic mass is 19.1. The van der Waals surface area contributed by atoms with Crippen molar-refractivity contribution in [2.24, 2.45) is 0 Å². The zero-order valence-electron chi connectivity index (χ0n) is 12.8. The maximum absolute atomic E-state index is 13.8. The van der Waals surface area contributed by atoms with Crippen LogP contribution in [0.3, 0.4) is 0 Å². The Labute approximate surface area is 141 Å². The van der Waals surface area contributed by atoms with Gasteiger partial charge in [-0.2, -0.15) is 5.26 Å². The van der Waals surface area contributed by atoms with Crippen molar-refractivity contribution in [3.05, 3.63) is 59.7 Å². The van der Waals surface area contributed by atoms with E-state index < -0.39 is 11.6 Å². The molecule has 25 heavy (non-hydrogen) atoms. The summed E-state index contributed by atoms with van der Waals surface area (Å²) in [4.78, 5) is 15.6. The van der Waals surface area contributed by atoms with Crippen LogP contribution in [0.1, 0.15) is 16.1 Å². The lowest BCUT2D eigenvalue weighted by Crippen LogP contribution is -2.28. The fourth-order valence-electron chi connectivity index (χ4n) is 2.36. The van der Waals surface area contributed by atoms with E-state index in [9.17, 15) is 18.8 Å². The van der Waals surface area contributed by atoms with E-state index in [1.165, 1.54) is 18.5 Å². The Kier molecular flexibility index (Phi) is 4.57. The Morgan fingerprint density at radius 1 is 1.32 bits per heavy atom. The molecule has 0 fully saturated rings. The molecule has 0 atom stereocenters. The van der Waals surface area contributed by atoms with Gasteiger partial charge in [-0.15, -0.1) is 0 Å². The molecule has 0 aliphatic carbocycles. The third-order valence-corrected chi connectivity index (χ3v) is 3.47. The van der Waals surface area contributed by atoms with Crippen molar-refractivity contribution in [3.63, 3.8) is 0 Å². The summed E-state index contributed by atoms with van der Waals surface area (Å²) in [7, 11) is 0. The van der Waals surface area contributed by atoms with Crippen molar-refractivity contribution in [3.8, 4) is 6.07 Å². The second-order valence-electron chi connectivity index (χ2n) is 5.10. The molecule has 2 N–H and O–H groups in total. The molecule has 0 aliphatic heterocycles. The number of nitriles is 1. The number of rotatable bonds is 5. The molecule has 0 saturated heterocycles. The average Bonchev–Trinajstić information content (AvgIpc) is 3.13. The van der Waals surface area contributed by atoms with Crippen LogP contribution < -0.4 is 10.6 Å². The van der Waals surface area contributed by atoms with Gasteiger partial charge in [0, 0.05) is 30.7 Å². The summed E-state index contributed by atoms with van der Waals surface area (Å²) in [5.41, 5.74) is 0.371. The molecule has 2 heterocycles. The number of anilines is 1. The lowest BCUT2D eigenvalue weighted by molar-refractivity contribution is 0.0927. The number of amides is 1. The van der Waals surface area contributed by atoms with Crippen molar-refractivity contribution in [1.82, 2.24) is 10.3 Å². The van der Waals surface area contributed by atoms with E-state index in [-0.39, 0.29) is 46.9 Å². The van der Waals surface area contributed by atoms with Crippen LogP contribution in [-0.4, -0.2) is 24.0 Å². The number of furan rings is 1. The Hall–Kier alpha value is -3.47. The molecule has 0 radical (unpaired) electrons. The largest absolute Gasteiger partial charge is 0.459 e. The quantitative estimate of drug-likeness (QED) is 0.696. The smallest absolute Gasteiger partial charge is 0.287 e. The lowest BCUT2D eigenvalue weighted by Gasteiger charge is -2.12. The van der Waals surface area contributed by atoms with Gasteiger partial charge in [-0.05, 0) is 18.2 Å². The SMILES string of the molecule is N#Cc1cnc2c(F)cc(F)cc2c1NCCNC(=O)c1ccco1. The first kappa shape index (κ1) is 16.4. The van der Waals surface area contributed by atoms with Gasteiger partial charge >= 0.3 is 0 Å². The number of hydrogen-bond donors (Lipinski definition) is 2. The number of aromatic nitrogens is 1. The summed E-state index contributed by atoms with van der Waals surface area (Å²) in [5, 5.41) is 14.9. The maximum atomic E-state index is 13.8. The zero-order chi connectivity index (χ0) is 17.8. The van der Waals surface area contributed by atoms with Gasteiger partial charge in [0.2, 0.25) is 0 Å². The summed E-state index contributed by atoms with van der Waals surface area (Å²) < 4.78 is 32.3. The second kappa shape index (κ2) is 6.97. The number of nitrogens with zero attached hydrogens (tertiary/aromatic N) is 2. The lowest BCUT2D eigenvalue weighted by atomic mass is 10.1. The van der Waals surface area contributed by atoms with Gasteiger partial charge in [0.25, 0.3) is 5.91 Å². The minimum Gasteiger partial charge on any atom is -0.459 e. The third kappa shape index (κ3) is 3.40. The standard InChI is InChI=1S/C17H12F2N4O2/c18-11-6-12-15(10(8-20)9-23-16(12)13(19)7-11)21-3-4-22-17(24)14-2-1-5-25-14/h1-2,5-7,9H,3-4H2,(H,21,23)(H,22,24). The van der Waals surface area contributed by atoms with E-state index in [1.54, 1.807) is 6.07 Å². The fourth-order valence-corrected chi connectivity index (χ4v) is 2.36. The third-order valence-electron chi connectivity index (χ3n) is 3.47. The van der Waals surface area contributed by atoms with Crippen LogP contribution in [0.4, 0.5) is 14.5 Å². The molecule has 0 spiro atoms. The minimum absolute atomic E-state index is 0.0393. The van der Waals surface area contributed by atoms with Crippen LogP contribution in [0.15, 0.2) is 41.1 Å². The number of fused-ring (bicyclic) bond motifs is 1. The van der Waals surface area contributed by atoms with Crippen molar-refractivity contribution >= 4 is 22.5 Å². The number of benzene rings is 1. The molecule has 3 aromatic rings. The summed E-state index contributed by atoms with van der Waals surface area (Å²) in [6, 6.07) is 6.89. The maximum Gasteiger partial charge on any atom is 0.287 e. The highest BCUT2D eigenvalue weighted by Crippen LogP contribution is 2.28. The van der Waals surface area contributed by atoms with E-state index in [1.807, 2.05) is 6.07 Å². The first-order valence-corrected chi connectivity index (χ1v) is 7.33. The fraction of sp³-hybridized carbons (Fsp3) is 0.118. The number of hydrogen-bond acceptors (Lipinski definition) is 5. The molecular weight excluding hydrogens is 330 g/mol. The zero-order valence-corrected chi connectivity index (χ0v) is 12.8. The van der Waals surface area contributed by atoms with E-state index >= 15 is 0 Å². The van der Waals surface area contributed by atoms with Gasteiger partial charge in [0.05, 0.1) is 17.5 Å². The predicted octanol–water partition coefficient (Wildman–Crippen LogP) is 2.82. The summed E-state index contributed by atoms with van der Waals surface area (Å²) in [5.74, 6) is -1.79. The predicted molar refractivity (Wildman–Crippen MR) is 85.9 cm³/mol. The van der Waals surface area contributed by atoms with Crippen LogP contribution in [0.2, 0.25) is 0 Å². The summed E-state index contributed by atoms with van der Waals surface area (Å²) >= 11 is 0.